The molecular formula is C27H35N3O7. The number of esters is 1. The molecule has 0 bridgehead atoms. The van der Waals surface area contributed by atoms with Gasteiger partial charge in [-0.25, -0.2) is 4.79 Å². The smallest absolute Gasteiger partial charge is 0.417 e. The van der Waals surface area contributed by atoms with Crippen molar-refractivity contribution in [3.8, 4) is 5.75 Å². The van der Waals surface area contributed by atoms with Crippen LogP contribution in [0.5, 0.6) is 5.75 Å². The lowest BCUT2D eigenvalue weighted by molar-refractivity contribution is -0.384. The summed E-state index contributed by atoms with van der Waals surface area (Å²) in [5, 5.41) is 13.8. The van der Waals surface area contributed by atoms with E-state index in [1.807, 2.05) is 25.1 Å². The molecule has 0 saturated carbocycles. The van der Waals surface area contributed by atoms with Crippen molar-refractivity contribution in [3.05, 3.63) is 58.1 Å². The van der Waals surface area contributed by atoms with Gasteiger partial charge in [0.1, 0.15) is 5.75 Å². The Bertz CT molecular complexity index is 1070. The van der Waals surface area contributed by atoms with E-state index in [0.717, 1.165) is 43.5 Å². The van der Waals surface area contributed by atoms with Crippen LogP contribution in [-0.4, -0.2) is 49.9 Å². The summed E-state index contributed by atoms with van der Waals surface area (Å²) >= 11 is 0. The van der Waals surface area contributed by atoms with Gasteiger partial charge >= 0.3 is 12.1 Å². The zero-order valence-corrected chi connectivity index (χ0v) is 21.6. The van der Waals surface area contributed by atoms with Gasteiger partial charge in [-0.15, -0.1) is 0 Å². The molecule has 0 aromatic heterocycles. The number of nitrogens with one attached hydrogen (secondary N) is 1. The minimum Gasteiger partial charge on any atom is -0.469 e. The fourth-order valence-electron chi connectivity index (χ4n) is 4.56. The third-order valence-corrected chi connectivity index (χ3v) is 6.53. The number of carbonyl (C=O) groups excluding carboxylic acids is 2. The first kappa shape index (κ1) is 27.9. The monoisotopic (exact) mass is 513 g/mol. The first-order valence-corrected chi connectivity index (χ1v) is 12.6. The molecule has 0 radical (unpaired) electrons. The second-order valence-electron chi connectivity index (χ2n) is 8.96. The van der Waals surface area contributed by atoms with Crippen molar-refractivity contribution in [3.63, 3.8) is 0 Å². The van der Waals surface area contributed by atoms with Crippen LogP contribution in [0.2, 0.25) is 0 Å². The number of non-ortho nitro benzene ring substituents is 1. The fourth-order valence-corrected chi connectivity index (χ4v) is 4.56. The summed E-state index contributed by atoms with van der Waals surface area (Å²) in [6.45, 7) is 6.29. The van der Waals surface area contributed by atoms with E-state index in [9.17, 15) is 19.7 Å². The lowest BCUT2D eigenvalue weighted by Crippen LogP contribution is -2.40. The number of benzene rings is 2. The quantitative estimate of drug-likeness (QED) is 0.232. The molecule has 200 valence electrons. The molecule has 2 aromatic rings. The van der Waals surface area contributed by atoms with E-state index >= 15 is 0 Å². The van der Waals surface area contributed by atoms with E-state index in [1.54, 1.807) is 0 Å². The molecule has 1 saturated heterocycles. The van der Waals surface area contributed by atoms with Gasteiger partial charge in [-0.3, -0.25) is 20.2 Å². The Hall–Kier alpha value is -3.66. The maximum Gasteiger partial charge on any atom is 0.417 e. The normalized spacial score (nSPS) is 14.5. The number of nitrogens with zero attached hydrogens (tertiary/aromatic N) is 2. The predicted octanol–water partition coefficient (Wildman–Crippen LogP) is 5.66. The van der Waals surface area contributed by atoms with Crippen LogP contribution in [0, 0.1) is 10.1 Å². The minimum absolute atomic E-state index is 0.0737. The predicted molar refractivity (Wildman–Crippen MR) is 140 cm³/mol. The molecule has 2 aromatic carbocycles. The molecule has 0 aliphatic carbocycles. The third-order valence-electron chi connectivity index (χ3n) is 6.53. The molecule has 0 spiro atoms. The molecule has 1 unspecified atom stereocenters. The van der Waals surface area contributed by atoms with Crippen LogP contribution in [0.25, 0.3) is 0 Å². The number of nitro benzene ring substituents is 1. The highest BCUT2D eigenvalue weighted by molar-refractivity contribution is 5.91. The average molecular weight is 514 g/mol. The van der Waals surface area contributed by atoms with Crippen LogP contribution in [-0.2, 0) is 14.3 Å². The van der Waals surface area contributed by atoms with E-state index in [0.29, 0.717) is 18.9 Å². The van der Waals surface area contributed by atoms with Crippen molar-refractivity contribution in [2.45, 2.75) is 57.9 Å². The van der Waals surface area contributed by atoms with Gasteiger partial charge in [-0.05, 0) is 61.4 Å². The fraction of sp³-hybridized carbons (Fsp3) is 0.481. The van der Waals surface area contributed by atoms with Crippen LogP contribution < -0.4 is 15.0 Å². The SMILES string of the molecule is CCCN(c1ccc(C(CC)CC(=O)OC)cc1NC(=O)Oc1ccc([N+](=O)[O-])cc1)C1CCOCC1. The Morgan fingerprint density at radius 3 is 2.46 bits per heavy atom. The van der Waals surface area contributed by atoms with E-state index in [1.165, 1.54) is 31.4 Å². The van der Waals surface area contributed by atoms with Crippen LogP contribution in [0.15, 0.2) is 42.5 Å². The molecular weight excluding hydrogens is 478 g/mol. The number of hydrogen-bond donors (Lipinski definition) is 1. The highest BCUT2D eigenvalue weighted by Gasteiger charge is 2.25. The number of nitro groups is 1. The molecule has 1 fully saturated rings. The van der Waals surface area contributed by atoms with E-state index in [-0.39, 0.29) is 35.8 Å². The number of ether oxygens (including phenoxy) is 3. The van der Waals surface area contributed by atoms with E-state index in [4.69, 9.17) is 14.2 Å². The number of hydrogen-bond acceptors (Lipinski definition) is 8. The van der Waals surface area contributed by atoms with Gasteiger partial charge < -0.3 is 19.1 Å². The van der Waals surface area contributed by atoms with E-state index < -0.39 is 11.0 Å². The molecule has 1 atom stereocenters. The summed E-state index contributed by atoms with van der Waals surface area (Å²) < 4.78 is 15.8. The van der Waals surface area contributed by atoms with Crippen molar-refractivity contribution < 1.29 is 28.7 Å². The summed E-state index contributed by atoms with van der Waals surface area (Å²) in [7, 11) is 1.37. The standard InChI is InChI=1S/C27H35N3O7/c1-4-14-29(21-12-15-36-16-13-21)25-11-6-20(19(5-2)18-26(31)35-3)17-24(25)28-27(32)37-23-9-7-22(8-10-23)30(33)34/h6-11,17,19,21H,4-5,12-16,18H2,1-3H3,(H,28,32). The van der Waals surface area contributed by atoms with Gasteiger partial charge in [0.15, 0.2) is 0 Å². The number of anilines is 2. The largest absolute Gasteiger partial charge is 0.469 e. The first-order valence-electron chi connectivity index (χ1n) is 12.6. The Kier molecular flexibility index (Phi) is 10.3. The number of methoxy groups -OCH3 is 1. The second kappa shape index (κ2) is 13.6. The Morgan fingerprint density at radius 2 is 1.86 bits per heavy atom. The minimum atomic E-state index is -0.711. The molecule has 10 heteroatoms. The van der Waals surface area contributed by atoms with Crippen molar-refractivity contribution in [1.29, 1.82) is 0 Å². The van der Waals surface area contributed by atoms with Gasteiger partial charge in [-0.2, -0.15) is 0 Å². The molecule has 1 aliphatic rings. The highest BCUT2D eigenvalue weighted by Crippen LogP contribution is 2.35. The Morgan fingerprint density at radius 1 is 1.16 bits per heavy atom. The zero-order valence-electron chi connectivity index (χ0n) is 21.6. The molecule has 1 heterocycles. The molecule has 1 N–H and O–H groups in total. The molecule has 1 aliphatic heterocycles. The van der Waals surface area contributed by atoms with Crippen molar-refractivity contribution in [1.82, 2.24) is 0 Å². The summed E-state index contributed by atoms with van der Waals surface area (Å²) in [6, 6.07) is 11.5. The van der Waals surface area contributed by atoms with Crippen molar-refractivity contribution >= 4 is 29.1 Å². The average Bonchev–Trinajstić information content (AvgIpc) is 2.91. The van der Waals surface area contributed by atoms with Gasteiger partial charge in [0.2, 0.25) is 0 Å². The van der Waals surface area contributed by atoms with Gasteiger partial charge in [0.05, 0.1) is 29.8 Å². The zero-order chi connectivity index (χ0) is 26.8. The molecule has 1 amide bonds. The Labute approximate surface area is 217 Å². The second-order valence-corrected chi connectivity index (χ2v) is 8.96. The number of amides is 1. The maximum atomic E-state index is 12.9. The summed E-state index contributed by atoms with van der Waals surface area (Å²) in [5.41, 5.74) is 2.26. The van der Waals surface area contributed by atoms with Crippen LogP contribution in [0.3, 0.4) is 0 Å². The third kappa shape index (κ3) is 7.66. The molecule has 3 rings (SSSR count). The lowest BCUT2D eigenvalue weighted by Gasteiger charge is -2.37. The molecule has 37 heavy (non-hydrogen) atoms. The lowest BCUT2D eigenvalue weighted by atomic mass is 9.92. The van der Waals surface area contributed by atoms with Gasteiger partial charge in [-0.1, -0.05) is 19.9 Å². The highest BCUT2D eigenvalue weighted by atomic mass is 16.6. The van der Waals surface area contributed by atoms with Crippen molar-refractivity contribution in [2.75, 3.05) is 37.1 Å². The summed E-state index contributed by atoms with van der Waals surface area (Å²) in [5.74, 6) is -0.180. The van der Waals surface area contributed by atoms with Crippen LogP contribution >= 0.6 is 0 Å². The first-order chi connectivity index (χ1) is 17.9. The number of carbonyl (C=O) groups is 2. The van der Waals surface area contributed by atoms with Crippen LogP contribution in [0.4, 0.5) is 21.9 Å². The topological polar surface area (TPSA) is 120 Å². The Balaban J connectivity index is 1.92. The van der Waals surface area contributed by atoms with Crippen LogP contribution in [0.1, 0.15) is 57.4 Å². The molecule has 10 nitrogen and oxygen atoms in total. The van der Waals surface area contributed by atoms with E-state index in [2.05, 4.69) is 17.1 Å². The summed E-state index contributed by atoms with van der Waals surface area (Å²) in [4.78, 5) is 37.6. The van der Waals surface area contributed by atoms with Gasteiger partial charge in [0.25, 0.3) is 5.69 Å². The summed E-state index contributed by atoms with van der Waals surface area (Å²) in [6.07, 6.45) is 2.93. The number of rotatable bonds is 11. The van der Waals surface area contributed by atoms with Crippen molar-refractivity contribution in [2.24, 2.45) is 0 Å². The maximum absolute atomic E-state index is 12.9. The van der Waals surface area contributed by atoms with Gasteiger partial charge in [0, 0.05) is 37.9 Å².